The Kier molecular flexibility index (Phi) is 4.06. The van der Waals surface area contributed by atoms with Crippen molar-refractivity contribution in [1.29, 1.82) is 0 Å². The molecule has 0 bridgehead atoms. The number of anilines is 2. The molecule has 0 saturated heterocycles. The van der Waals surface area contributed by atoms with E-state index in [9.17, 15) is 4.39 Å². The molecule has 18 heavy (non-hydrogen) atoms. The highest BCUT2D eigenvalue weighted by atomic mass is 127. The lowest BCUT2D eigenvalue weighted by Gasteiger charge is -2.17. The maximum absolute atomic E-state index is 12.8. The van der Waals surface area contributed by atoms with Crippen LogP contribution in [-0.4, -0.2) is 0 Å². The molecule has 0 aliphatic rings. The zero-order chi connectivity index (χ0) is 13.1. The number of hydrogen-bond donors (Lipinski definition) is 2. The monoisotopic (exact) mass is 356 g/mol. The number of halogens is 2. The molecule has 0 fully saturated rings. The van der Waals surface area contributed by atoms with E-state index in [1.807, 2.05) is 25.1 Å². The van der Waals surface area contributed by atoms with E-state index in [-0.39, 0.29) is 11.9 Å². The summed E-state index contributed by atoms with van der Waals surface area (Å²) in [7, 11) is 0. The number of rotatable bonds is 3. The molecule has 0 amide bonds. The zero-order valence-corrected chi connectivity index (χ0v) is 12.1. The summed E-state index contributed by atoms with van der Waals surface area (Å²) in [5, 5.41) is 3.32. The molecule has 0 aliphatic heterocycles. The van der Waals surface area contributed by atoms with Crippen LogP contribution in [0.2, 0.25) is 0 Å². The molecule has 0 heterocycles. The van der Waals surface area contributed by atoms with Crippen LogP contribution in [0.3, 0.4) is 0 Å². The second kappa shape index (κ2) is 5.56. The van der Waals surface area contributed by atoms with Crippen LogP contribution in [0.4, 0.5) is 15.8 Å². The summed E-state index contributed by atoms with van der Waals surface area (Å²) in [6.07, 6.45) is 0. The van der Waals surface area contributed by atoms with E-state index in [0.29, 0.717) is 0 Å². The number of hydrogen-bond acceptors (Lipinski definition) is 2. The van der Waals surface area contributed by atoms with Gasteiger partial charge < -0.3 is 11.1 Å². The largest absolute Gasteiger partial charge is 0.397 e. The van der Waals surface area contributed by atoms with Crippen LogP contribution in [0.15, 0.2) is 42.5 Å². The van der Waals surface area contributed by atoms with Crippen molar-refractivity contribution < 1.29 is 4.39 Å². The average Bonchev–Trinajstić information content (AvgIpc) is 2.33. The summed E-state index contributed by atoms with van der Waals surface area (Å²) in [6, 6.07) is 12.4. The van der Waals surface area contributed by atoms with Gasteiger partial charge in [-0.2, -0.15) is 0 Å². The molecule has 0 aromatic heterocycles. The molecular formula is C14H14FIN2. The predicted octanol–water partition coefficient (Wildman–Crippen LogP) is 4.19. The van der Waals surface area contributed by atoms with Crippen LogP contribution in [0, 0.1) is 9.39 Å². The fraction of sp³-hybridized carbons (Fsp3) is 0.143. The molecule has 2 nitrogen and oxygen atoms in total. The Morgan fingerprint density at radius 3 is 2.44 bits per heavy atom. The third kappa shape index (κ3) is 3.13. The van der Waals surface area contributed by atoms with Crippen molar-refractivity contribution in [2.45, 2.75) is 13.0 Å². The molecule has 94 valence electrons. The first-order chi connectivity index (χ1) is 8.56. The highest BCUT2D eigenvalue weighted by Crippen LogP contribution is 2.25. The average molecular weight is 356 g/mol. The Balaban J connectivity index is 2.15. The van der Waals surface area contributed by atoms with Crippen molar-refractivity contribution in [2.75, 3.05) is 11.1 Å². The van der Waals surface area contributed by atoms with E-state index in [2.05, 4.69) is 27.9 Å². The van der Waals surface area contributed by atoms with Gasteiger partial charge in [-0.25, -0.2) is 4.39 Å². The van der Waals surface area contributed by atoms with Gasteiger partial charge in [-0.1, -0.05) is 12.1 Å². The lowest BCUT2D eigenvalue weighted by molar-refractivity contribution is 0.626. The van der Waals surface area contributed by atoms with Gasteiger partial charge in [-0.15, -0.1) is 0 Å². The number of nitrogens with one attached hydrogen (secondary N) is 1. The first-order valence-corrected chi connectivity index (χ1v) is 6.71. The van der Waals surface area contributed by atoms with Crippen molar-refractivity contribution >= 4 is 34.0 Å². The highest BCUT2D eigenvalue weighted by molar-refractivity contribution is 14.1. The van der Waals surface area contributed by atoms with Gasteiger partial charge in [0, 0.05) is 9.61 Å². The fourth-order valence-corrected chi connectivity index (χ4v) is 2.25. The Hall–Kier alpha value is -1.30. The summed E-state index contributed by atoms with van der Waals surface area (Å²) in [5.41, 5.74) is 8.58. The molecule has 1 atom stereocenters. The van der Waals surface area contributed by atoms with Crippen LogP contribution in [0.25, 0.3) is 0 Å². The van der Waals surface area contributed by atoms with Crippen molar-refractivity contribution in [3.05, 3.63) is 57.4 Å². The topological polar surface area (TPSA) is 38.0 Å². The summed E-state index contributed by atoms with van der Waals surface area (Å²) >= 11 is 2.22. The van der Waals surface area contributed by atoms with Crippen LogP contribution in [0.5, 0.6) is 0 Å². The van der Waals surface area contributed by atoms with Crippen LogP contribution in [0.1, 0.15) is 18.5 Å². The van der Waals surface area contributed by atoms with E-state index in [4.69, 9.17) is 5.73 Å². The normalized spacial score (nSPS) is 12.2. The molecule has 0 aliphatic carbocycles. The van der Waals surface area contributed by atoms with E-state index in [1.54, 1.807) is 12.1 Å². The molecule has 0 radical (unpaired) electrons. The van der Waals surface area contributed by atoms with Gasteiger partial charge in [0.2, 0.25) is 0 Å². The van der Waals surface area contributed by atoms with Gasteiger partial charge in [-0.3, -0.25) is 0 Å². The molecule has 2 aromatic carbocycles. The smallest absolute Gasteiger partial charge is 0.123 e. The van der Waals surface area contributed by atoms with Crippen LogP contribution in [-0.2, 0) is 0 Å². The first kappa shape index (κ1) is 13.1. The van der Waals surface area contributed by atoms with Crippen molar-refractivity contribution in [3.63, 3.8) is 0 Å². The minimum absolute atomic E-state index is 0.0768. The van der Waals surface area contributed by atoms with Crippen molar-refractivity contribution in [2.24, 2.45) is 0 Å². The van der Waals surface area contributed by atoms with Crippen molar-refractivity contribution in [3.8, 4) is 0 Å². The molecule has 4 heteroatoms. The Morgan fingerprint density at radius 2 is 1.83 bits per heavy atom. The predicted molar refractivity (Wildman–Crippen MR) is 82.0 cm³/mol. The van der Waals surface area contributed by atoms with Gasteiger partial charge in [0.05, 0.1) is 11.4 Å². The SMILES string of the molecule is CC(Nc1ccc(I)cc1N)c1ccc(F)cc1. The van der Waals surface area contributed by atoms with Gasteiger partial charge in [0.1, 0.15) is 5.82 Å². The Morgan fingerprint density at radius 1 is 1.17 bits per heavy atom. The second-order valence-corrected chi connectivity index (χ2v) is 5.39. The number of nitrogens with two attached hydrogens (primary N) is 1. The third-order valence-corrected chi connectivity index (χ3v) is 3.43. The standard InChI is InChI=1S/C14H14FIN2/c1-9(10-2-4-11(15)5-3-10)18-14-7-6-12(16)8-13(14)17/h2-9,18H,17H2,1H3. The zero-order valence-electron chi connectivity index (χ0n) is 9.95. The molecule has 2 rings (SSSR count). The summed E-state index contributed by atoms with van der Waals surface area (Å²) < 4.78 is 13.9. The van der Waals surface area contributed by atoms with Gasteiger partial charge in [0.25, 0.3) is 0 Å². The highest BCUT2D eigenvalue weighted by Gasteiger charge is 2.07. The number of benzene rings is 2. The Bertz CT molecular complexity index is 540. The summed E-state index contributed by atoms with van der Waals surface area (Å²) in [5.74, 6) is -0.222. The molecule has 3 N–H and O–H groups in total. The van der Waals surface area contributed by atoms with Crippen LogP contribution >= 0.6 is 22.6 Å². The van der Waals surface area contributed by atoms with E-state index in [0.717, 1.165) is 20.5 Å². The van der Waals surface area contributed by atoms with E-state index in [1.165, 1.54) is 12.1 Å². The maximum atomic E-state index is 12.8. The van der Waals surface area contributed by atoms with Gasteiger partial charge in [0.15, 0.2) is 0 Å². The van der Waals surface area contributed by atoms with E-state index < -0.39 is 0 Å². The summed E-state index contributed by atoms with van der Waals surface area (Å²) in [4.78, 5) is 0. The lowest BCUT2D eigenvalue weighted by atomic mass is 10.1. The van der Waals surface area contributed by atoms with Crippen LogP contribution < -0.4 is 11.1 Å². The summed E-state index contributed by atoms with van der Waals surface area (Å²) in [6.45, 7) is 2.02. The minimum atomic E-state index is -0.222. The molecule has 2 aromatic rings. The number of nitrogen functional groups attached to an aromatic ring is 1. The molecule has 0 saturated carbocycles. The Labute approximate surface area is 120 Å². The van der Waals surface area contributed by atoms with Crippen molar-refractivity contribution in [1.82, 2.24) is 0 Å². The van der Waals surface area contributed by atoms with E-state index >= 15 is 0 Å². The fourth-order valence-electron chi connectivity index (χ4n) is 1.73. The second-order valence-electron chi connectivity index (χ2n) is 4.15. The lowest BCUT2D eigenvalue weighted by Crippen LogP contribution is -2.08. The van der Waals surface area contributed by atoms with Gasteiger partial charge in [-0.05, 0) is 65.4 Å². The molecule has 1 unspecified atom stereocenters. The third-order valence-electron chi connectivity index (χ3n) is 2.76. The molecule has 0 spiro atoms. The quantitative estimate of drug-likeness (QED) is 0.640. The first-order valence-electron chi connectivity index (χ1n) is 5.63. The molecular weight excluding hydrogens is 342 g/mol. The van der Waals surface area contributed by atoms with Gasteiger partial charge >= 0.3 is 0 Å². The maximum Gasteiger partial charge on any atom is 0.123 e. The minimum Gasteiger partial charge on any atom is -0.397 e.